The van der Waals surface area contributed by atoms with Crippen molar-refractivity contribution < 1.29 is 19.1 Å². The number of hydrogen-bond donors (Lipinski definition) is 3. The summed E-state index contributed by atoms with van der Waals surface area (Å²) in [5.74, 6) is -0.0149. The molecule has 0 aromatic heterocycles. The second-order valence-electron chi connectivity index (χ2n) is 11.3. The number of anilines is 2. The average Bonchev–Trinajstić information content (AvgIpc) is 3.12. The lowest BCUT2D eigenvalue weighted by Crippen LogP contribution is -2.30. The van der Waals surface area contributed by atoms with Gasteiger partial charge in [-0.15, -0.1) is 11.8 Å². The zero-order valence-corrected chi connectivity index (χ0v) is 27.8. The number of hydrogen-bond acceptors (Lipinski definition) is 5. The molecule has 0 aliphatic carbocycles. The molecule has 1 unspecified atom stereocenters. The van der Waals surface area contributed by atoms with Gasteiger partial charge in [-0.2, -0.15) is 0 Å². The topological polar surface area (TPSA) is 96.5 Å². The van der Waals surface area contributed by atoms with E-state index in [-0.39, 0.29) is 11.6 Å². The van der Waals surface area contributed by atoms with E-state index >= 15 is 0 Å². The number of thioether (sulfide) groups is 1. The molecular weight excluding hydrogens is 619 g/mol. The van der Waals surface area contributed by atoms with Gasteiger partial charge < -0.3 is 20.7 Å². The van der Waals surface area contributed by atoms with Gasteiger partial charge in [0.05, 0.1) is 7.11 Å². The molecule has 7 nitrogen and oxygen atoms in total. The number of benzene rings is 5. The number of rotatable bonds is 12. The molecule has 5 aromatic carbocycles. The number of nitrogens with one attached hydrogen (secondary N) is 3. The number of ether oxygens (including phenoxy) is 1. The largest absolute Gasteiger partial charge is 0.497 e. The quantitative estimate of drug-likeness (QED) is 0.0923. The molecule has 0 radical (unpaired) electrons. The first-order chi connectivity index (χ1) is 23.3. The summed E-state index contributed by atoms with van der Waals surface area (Å²) in [6.07, 6.45) is 1.60. The fourth-order valence-electron chi connectivity index (χ4n) is 4.85. The molecule has 5 aromatic rings. The second-order valence-corrected chi connectivity index (χ2v) is 12.5. The lowest BCUT2D eigenvalue weighted by Gasteiger charge is -2.18. The van der Waals surface area contributed by atoms with Crippen molar-refractivity contribution >= 4 is 46.9 Å². The minimum absolute atomic E-state index is 0.0674. The Morgan fingerprint density at radius 3 is 1.96 bits per heavy atom. The molecule has 0 saturated carbocycles. The molecule has 0 fully saturated rings. The summed E-state index contributed by atoms with van der Waals surface area (Å²) in [6, 6.07) is 40.7. The normalized spacial score (nSPS) is 11.8. The van der Waals surface area contributed by atoms with Crippen molar-refractivity contribution in [3.63, 3.8) is 0 Å². The van der Waals surface area contributed by atoms with Crippen LogP contribution in [0.2, 0.25) is 0 Å². The first kappa shape index (κ1) is 33.8. The summed E-state index contributed by atoms with van der Waals surface area (Å²) in [5, 5.41) is 8.20. The van der Waals surface area contributed by atoms with E-state index in [0.29, 0.717) is 28.5 Å². The summed E-state index contributed by atoms with van der Waals surface area (Å²) < 4.78 is 5.32. The number of amides is 3. The fourth-order valence-corrected chi connectivity index (χ4v) is 5.88. The molecule has 0 aliphatic rings. The molecule has 0 spiro atoms. The van der Waals surface area contributed by atoms with E-state index in [4.69, 9.17) is 4.74 Å². The van der Waals surface area contributed by atoms with E-state index in [1.165, 1.54) is 17.3 Å². The molecule has 242 valence electrons. The molecular formula is C40H37N3O4S. The highest BCUT2D eigenvalue weighted by atomic mass is 32.2. The Kier molecular flexibility index (Phi) is 11.5. The van der Waals surface area contributed by atoms with E-state index in [1.54, 1.807) is 67.8 Å². The molecule has 0 saturated heterocycles. The Morgan fingerprint density at radius 2 is 1.31 bits per heavy atom. The van der Waals surface area contributed by atoms with Crippen LogP contribution in [-0.4, -0.2) is 24.8 Å². The van der Waals surface area contributed by atoms with Crippen molar-refractivity contribution in [1.82, 2.24) is 5.32 Å². The van der Waals surface area contributed by atoms with Gasteiger partial charge in [-0.25, -0.2) is 0 Å². The Balaban J connectivity index is 1.32. The SMILES string of the molecule is COc1cccc(/C=C(\NC(=O)c2ccccc2)C(=O)Nc2ccc(SC(C(=O)Nc3ccc(C(C)C)cc3)c3ccccc3)cc2)c1. The van der Waals surface area contributed by atoms with Crippen LogP contribution >= 0.6 is 11.8 Å². The van der Waals surface area contributed by atoms with Crippen LogP contribution in [0.5, 0.6) is 5.75 Å². The maximum atomic E-state index is 13.6. The van der Waals surface area contributed by atoms with Crippen molar-refractivity contribution in [3.8, 4) is 5.75 Å². The predicted octanol–water partition coefficient (Wildman–Crippen LogP) is 8.70. The lowest BCUT2D eigenvalue weighted by atomic mass is 10.0. The summed E-state index contributed by atoms with van der Waals surface area (Å²) in [7, 11) is 1.56. The molecule has 8 heteroatoms. The van der Waals surface area contributed by atoms with E-state index in [9.17, 15) is 14.4 Å². The van der Waals surface area contributed by atoms with Gasteiger partial charge >= 0.3 is 0 Å². The third-order valence-electron chi connectivity index (χ3n) is 7.49. The number of carbonyl (C=O) groups excluding carboxylic acids is 3. The Hall–Kier alpha value is -5.60. The summed E-state index contributed by atoms with van der Waals surface area (Å²) in [5.41, 5.74) is 4.52. The van der Waals surface area contributed by atoms with Crippen LogP contribution in [0, 0.1) is 0 Å². The minimum Gasteiger partial charge on any atom is -0.497 e. The van der Waals surface area contributed by atoms with Gasteiger partial charge in [0.1, 0.15) is 16.7 Å². The lowest BCUT2D eigenvalue weighted by molar-refractivity contribution is -0.116. The Bertz CT molecular complexity index is 1870. The standard InChI is InChI=1S/C40H37N3O4S/c1-27(2)29-17-19-32(20-18-29)42-40(46)37(30-12-6-4-7-13-30)48-35-23-21-33(22-24-35)41-39(45)36(26-28-11-10-16-34(25-28)47-3)43-38(44)31-14-8-5-9-15-31/h4-27,37H,1-3H3,(H,41,45)(H,42,46)(H,43,44)/b36-26-. The average molecular weight is 656 g/mol. The Labute approximate surface area is 285 Å². The highest BCUT2D eigenvalue weighted by molar-refractivity contribution is 8.00. The van der Waals surface area contributed by atoms with Crippen molar-refractivity contribution in [2.75, 3.05) is 17.7 Å². The van der Waals surface area contributed by atoms with E-state index in [1.807, 2.05) is 78.9 Å². The summed E-state index contributed by atoms with van der Waals surface area (Å²) in [4.78, 5) is 40.9. The van der Waals surface area contributed by atoms with Crippen molar-refractivity contribution in [1.29, 1.82) is 0 Å². The number of carbonyl (C=O) groups is 3. The first-order valence-corrected chi connectivity index (χ1v) is 16.4. The van der Waals surface area contributed by atoms with Crippen LogP contribution in [0.25, 0.3) is 6.08 Å². The number of methoxy groups -OCH3 is 1. The maximum absolute atomic E-state index is 13.6. The van der Waals surface area contributed by atoms with Gasteiger partial charge in [-0.1, -0.05) is 86.6 Å². The van der Waals surface area contributed by atoms with Crippen LogP contribution < -0.4 is 20.7 Å². The van der Waals surface area contributed by atoms with Gasteiger partial charge in [-0.05, 0) is 89.3 Å². The zero-order valence-electron chi connectivity index (χ0n) is 27.0. The van der Waals surface area contributed by atoms with Gasteiger partial charge in [0.15, 0.2) is 0 Å². The molecule has 3 N–H and O–H groups in total. The minimum atomic E-state index is -0.512. The highest BCUT2D eigenvalue weighted by Crippen LogP contribution is 2.37. The maximum Gasteiger partial charge on any atom is 0.272 e. The monoisotopic (exact) mass is 655 g/mol. The van der Waals surface area contributed by atoms with E-state index in [0.717, 1.165) is 16.1 Å². The van der Waals surface area contributed by atoms with Crippen LogP contribution in [0.1, 0.15) is 52.1 Å². The highest BCUT2D eigenvalue weighted by Gasteiger charge is 2.23. The molecule has 0 bridgehead atoms. The molecule has 48 heavy (non-hydrogen) atoms. The molecule has 0 aliphatic heterocycles. The van der Waals surface area contributed by atoms with Crippen LogP contribution in [0.3, 0.4) is 0 Å². The van der Waals surface area contributed by atoms with E-state index < -0.39 is 17.1 Å². The molecule has 0 heterocycles. The second kappa shape index (κ2) is 16.3. The van der Waals surface area contributed by atoms with Gasteiger partial charge in [-0.3, -0.25) is 14.4 Å². The van der Waals surface area contributed by atoms with Crippen molar-refractivity contribution in [2.45, 2.75) is 29.9 Å². The summed E-state index contributed by atoms with van der Waals surface area (Å²) in [6.45, 7) is 4.27. The van der Waals surface area contributed by atoms with Crippen LogP contribution in [-0.2, 0) is 9.59 Å². The van der Waals surface area contributed by atoms with E-state index in [2.05, 4.69) is 29.8 Å². The first-order valence-electron chi connectivity index (χ1n) is 15.5. The summed E-state index contributed by atoms with van der Waals surface area (Å²) >= 11 is 1.42. The Morgan fingerprint density at radius 1 is 0.688 bits per heavy atom. The predicted molar refractivity (Wildman–Crippen MR) is 194 cm³/mol. The van der Waals surface area contributed by atoms with Gasteiger partial charge in [0.25, 0.3) is 11.8 Å². The molecule has 5 rings (SSSR count). The zero-order chi connectivity index (χ0) is 33.9. The molecule has 3 amide bonds. The van der Waals surface area contributed by atoms with Crippen LogP contribution in [0.15, 0.2) is 144 Å². The van der Waals surface area contributed by atoms with Gasteiger partial charge in [0.2, 0.25) is 5.91 Å². The smallest absolute Gasteiger partial charge is 0.272 e. The van der Waals surface area contributed by atoms with Gasteiger partial charge in [0, 0.05) is 21.8 Å². The molecule has 1 atom stereocenters. The third-order valence-corrected chi connectivity index (χ3v) is 8.75. The van der Waals surface area contributed by atoms with Crippen LogP contribution in [0.4, 0.5) is 11.4 Å². The van der Waals surface area contributed by atoms with Crippen molar-refractivity contribution in [2.24, 2.45) is 0 Å². The fraction of sp³-hybridized carbons (Fsp3) is 0.125. The third kappa shape index (κ3) is 9.24. The van der Waals surface area contributed by atoms with Crippen molar-refractivity contribution in [3.05, 3.63) is 161 Å².